The molecule has 0 heterocycles. The highest BCUT2D eigenvalue weighted by molar-refractivity contribution is 5.60. The summed E-state index contributed by atoms with van der Waals surface area (Å²) >= 11 is 0. The van der Waals surface area contributed by atoms with Crippen LogP contribution in [0.25, 0.3) is 0 Å². The van der Waals surface area contributed by atoms with Crippen LogP contribution in [0.5, 0.6) is 17.2 Å². The molecule has 0 saturated heterocycles. The molecule has 39 heavy (non-hydrogen) atoms. The van der Waals surface area contributed by atoms with E-state index in [1.54, 1.807) is 14.2 Å². The highest BCUT2D eigenvalue weighted by Gasteiger charge is 2.26. The van der Waals surface area contributed by atoms with Crippen LogP contribution in [0, 0.1) is 0 Å². The topological polar surface area (TPSA) is 63.2 Å². The lowest BCUT2D eigenvalue weighted by Crippen LogP contribution is -2.31. The normalized spacial score (nSPS) is 14.7. The summed E-state index contributed by atoms with van der Waals surface area (Å²) in [4.78, 5) is 2.48. The van der Waals surface area contributed by atoms with Crippen molar-refractivity contribution in [2.24, 2.45) is 0 Å². The first-order valence-electron chi connectivity index (χ1n) is 14.1. The third kappa shape index (κ3) is 7.90. The fourth-order valence-electron chi connectivity index (χ4n) is 5.39. The third-order valence-electron chi connectivity index (χ3n) is 7.55. The van der Waals surface area contributed by atoms with E-state index in [1.165, 1.54) is 27.9 Å². The fraction of sp³-hybridized carbons (Fsp3) is 0.455. The fourth-order valence-corrected chi connectivity index (χ4v) is 5.39. The van der Waals surface area contributed by atoms with Gasteiger partial charge in [-0.05, 0) is 105 Å². The van der Waals surface area contributed by atoms with Gasteiger partial charge in [-0.1, -0.05) is 24.3 Å². The minimum absolute atomic E-state index is 0.309. The average molecular weight is 533 g/mol. The lowest BCUT2D eigenvalue weighted by molar-refractivity contribution is 0.193. The molecule has 3 aromatic carbocycles. The van der Waals surface area contributed by atoms with Crippen LogP contribution in [0.4, 0.5) is 5.69 Å². The number of ether oxygens (including phenoxy) is 3. The average Bonchev–Trinajstić information content (AvgIpc) is 2.95. The van der Waals surface area contributed by atoms with E-state index >= 15 is 0 Å². The minimum atomic E-state index is 0.309. The van der Waals surface area contributed by atoms with Gasteiger partial charge < -0.3 is 29.5 Å². The van der Waals surface area contributed by atoms with Gasteiger partial charge in [0, 0.05) is 44.6 Å². The standard InChI is InChI=1S/C33H44N2O4/c1-24(2)35(23-25-6-12-30(13-7-25)39-19-17-34-16-5-18-37-3)33-22-31(38-4)14-15-32(33)28-9-8-27-21-29(36)11-10-26(27)20-28/h6-7,10-15,21-22,24,28,34,36H,5,8-9,16-20,23H2,1-4H3. The van der Waals surface area contributed by atoms with Crippen LogP contribution in [0.1, 0.15) is 54.9 Å². The molecule has 210 valence electrons. The number of aryl methyl sites for hydroxylation is 1. The highest BCUT2D eigenvalue weighted by atomic mass is 16.5. The number of hydrogen-bond donors (Lipinski definition) is 2. The van der Waals surface area contributed by atoms with Gasteiger partial charge in [0.25, 0.3) is 0 Å². The number of phenolic OH excluding ortho intramolecular Hbond substituents is 1. The molecular weight excluding hydrogens is 488 g/mol. The van der Waals surface area contributed by atoms with Gasteiger partial charge in [0.15, 0.2) is 0 Å². The minimum Gasteiger partial charge on any atom is -0.508 e. The maximum absolute atomic E-state index is 9.92. The zero-order valence-corrected chi connectivity index (χ0v) is 23.9. The Balaban J connectivity index is 1.46. The largest absolute Gasteiger partial charge is 0.508 e. The number of hydrogen-bond acceptors (Lipinski definition) is 6. The molecule has 6 nitrogen and oxygen atoms in total. The number of anilines is 1. The Morgan fingerprint density at radius 1 is 0.923 bits per heavy atom. The number of rotatable bonds is 14. The Bertz CT molecular complexity index is 1180. The van der Waals surface area contributed by atoms with Crippen LogP contribution in [0.3, 0.4) is 0 Å². The molecule has 1 aliphatic carbocycles. The predicted molar refractivity (Wildman–Crippen MR) is 158 cm³/mol. The van der Waals surface area contributed by atoms with Crippen LogP contribution in [-0.4, -0.2) is 51.7 Å². The van der Waals surface area contributed by atoms with Gasteiger partial charge in [-0.2, -0.15) is 0 Å². The van der Waals surface area contributed by atoms with Crippen molar-refractivity contribution in [3.8, 4) is 17.2 Å². The molecule has 0 fully saturated rings. The molecular formula is C33H44N2O4. The van der Waals surface area contributed by atoms with E-state index in [2.05, 4.69) is 72.6 Å². The molecule has 0 aliphatic heterocycles. The summed E-state index contributed by atoms with van der Waals surface area (Å²) in [5.41, 5.74) is 6.44. The van der Waals surface area contributed by atoms with Gasteiger partial charge in [0.2, 0.25) is 0 Å². The Morgan fingerprint density at radius 2 is 1.72 bits per heavy atom. The van der Waals surface area contributed by atoms with E-state index in [-0.39, 0.29) is 0 Å². The second-order valence-electron chi connectivity index (χ2n) is 10.6. The number of aromatic hydroxyl groups is 1. The molecule has 0 amide bonds. The number of nitrogens with one attached hydrogen (secondary N) is 1. The quantitative estimate of drug-likeness (QED) is 0.245. The van der Waals surface area contributed by atoms with Gasteiger partial charge in [0.05, 0.1) is 7.11 Å². The number of fused-ring (bicyclic) bond motifs is 1. The Kier molecular flexibility index (Phi) is 10.5. The molecule has 1 unspecified atom stereocenters. The van der Waals surface area contributed by atoms with Crippen LogP contribution in [0.2, 0.25) is 0 Å². The zero-order valence-electron chi connectivity index (χ0n) is 23.9. The van der Waals surface area contributed by atoms with E-state index in [4.69, 9.17) is 14.2 Å². The van der Waals surface area contributed by atoms with Gasteiger partial charge >= 0.3 is 0 Å². The lowest BCUT2D eigenvalue weighted by Gasteiger charge is -2.35. The molecule has 3 aromatic rings. The van der Waals surface area contributed by atoms with Gasteiger partial charge in [-0.15, -0.1) is 0 Å². The monoisotopic (exact) mass is 532 g/mol. The first-order valence-corrected chi connectivity index (χ1v) is 14.1. The van der Waals surface area contributed by atoms with E-state index < -0.39 is 0 Å². The number of phenols is 1. The lowest BCUT2D eigenvalue weighted by atomic mass is 9.79. The van der Waals surface area contributed by atoms with Crippen LogP contribution in [0.15, 0.2) is 60.7 Å². The predicted octanol–water partition coefficient (Wildman–Crippen LogP) is 6.09. The summed E-state index contributed by atoms with van der Waals surface area (Å²) in [6, 6.07) is 21.1. The molecule has 0 radical (unpaired) electrons. The van der Waals surface area contributed by atoms with E-state index in [9.17, 15) is 5.11 Å². The van der Waals surface area contributed by atoms with Crippen LogP contribution >= 0.6 is 0 Å². The first kappa shape index (κ1) is 28.8. The van der Waals surface area contributed by atoms with Gasteiger partial charge in [-0.25, -0.2) is 0 Å². The van der Waals surface area contributed by atoms with Crippen molar-refractivity contribution >= 4 is 5.69 Å². The Hall–Kier alpha value is -3.22. The smallest absolute Gasteiger partial charge is 0.120 e. The molecule has 4 rings (SSSR count). The SMILES string of the molecule is COCCCNCCOc1ccc(CN(c2cc(OC)ccc2C2CCc3cc(O)ccc3C2)C(C)C)cc1. The van der Waals surface area contributed by atoms with Crippen molar-refractivity contribution in [2.45, 2.75) is 58.0 Å². The van der Waals surface area contributed by atoms with Crippen molar-refractivity contribution in [1.82, 2.24) is 5.32 Å². The molecule has 0 bridgehead atoms. The summed E-state index contributed by atoms with van der Waals surface area (Å²) in [6.45, 7) is 8.47. The first-order chi connectivity index (χ1) is 19.0. The number of methoxy groups -OCH3 is 2. The second kappa shape index (κ2) is 14.2. The van der Waals surface area contributed by atoms with E-state index in [0.29, 0.717) is 24.3 Å². The van der Waals surface area contributed by atoms with E-state index in [1.807, 2.05) is 12.1 Å². The summed E-state index contributed by atoms with van der Waals surface area (Å²) in [7, 11) is 3.46. The number of nitrogens with zero attached hydrogens (tertiary/aromatic N) is 1. The van der Waals surface area contributed by atoms with Crippen molar-refractivity contribution < 1.29 is 19.3 Å². The third-order valence-corrected chi connectivity index (χ3v) is 7.55. The number of benzene rings is 3. The van der Waals surface area contributed by atoms with E-state index in [0.717, 1.165) is 63.4 Å². The van der Waals surface area contributed by atoms with Crippen molar-refractivity contribution in [3.05, 3.63) is 82.9 Å². The second-order valence-corrected chi connectivity index (χ2v) is 10.6. The molecule has 0 saturated carbocycles. The summed E-state index contributed by atoms with van der Waals surface area (Å²) in [6.07, 6.45) is 4.03. The van der Waals surface area contributed by atoms with Crippen molar-refractivity contribution in [3.63, 3.8) is 0 Å². The summed E-state index contributed by atoms with van der Waals surface area (Å²) in [5.74, 6) is 2.54. The van der Waals surface area contributed by atoms with Crippen LogP contribution < -0.4 is 19.7 Å². The molecule has 0 spiro atoms. The van der Waals surface area contributed by atoms with Crippen molar-refractivity contribution in [1.29, 1.82) is 0 Å². The summed E-state index contributed by atoms with van der Waals surface area (Å²) < 4.78 is 16.7. The van der Waals surface area contributed by atoms with Gasteiger partial charge in [0.1, 0.15) is 23.9 Å². The Morgan fingerprint density at radius 3 is 2.46 bits per heavy atom. The molecule has 6 heteroatoms. The summed E-state index contributed by atoms with van der Waals surface area (Å²) in [5, 5.41) is 13.3. The van der Waals surface area contributed by atoms with Crippen LogP contribution in [-0.2, 0) is 24.1 Å². The van der Waals surface area contributed by atoms with Crippen molar-refractivity contribution in [2.75, 3.05) is 45.4 Å². The maximum atomic E-state index is 9.92. The molecule has 1 atom stereocenters. The van der Waals surface area contributed by atoms with Gasteiger partial charge in [-0.3, -0.25) is 0 Å². The maximum Gasteiger partial charge on any atom is 0.120 e. The zero-order chi connectivity index (χ0) is 27.6. The Labute approximate surface area is 233 Å². The molecule has 0 aromatic heterocycles. The molecule has 1 aliphatic rings. The highest BCUT2D eigenvalue weighted by Crippen LogP contribution is 2.40. The molecule has 2 N–H and O–H groups in total.